The number of urea groups is 1. The van der Waals surface area contributed by atoms with Crippen LogP contribution in [0.1, 0.15) is 30.6 Å². The molecule has 22 heavy (non-hydrogen) atoms. The smallest absolute Gasteiger partial charge is 0.339 e. The molecule has 0 spiro atoms. The lowest BCUT2D eigenvalue weighted by atomic mass is 10.2. The number of ether oxygens (including phenoxy) is 1. The van der Waals surface area contributed by atoms with Crippen molar-refractivity contribution in [2.75, 3.05) is 12.9 Å². The van der Waals surface area contributed by atoms with Crippen LogP contribution < -0.4 is 10.6 Å². The highest BCUT2D eigenvalue weighted by Gasteiger charge is 2.15. The summed E-state index contributed by atoms with van der Waals surface area (Å²) in [7, 11) is 0. The Hall–Kier alpha value is -2.02. The van der Waals surface area contributed by atoms with E-state index in [2.05, 4.69) is 10.6 Å². The quantitative estimate of drug-likeness (QED) is 0.619. The van der Waals surface area contributed by atoms with Gasteiger partial charge in [-0.2, -0.15) is 0 Å². The Morgan fingerprint density at radius 3 is 2.59 bits per heavy atom. The molecule has 0 aliphatic rings. The Balaban J connectivity index is 2.47. The van der Waals surface area contributed by atoms with Crippen LogP contribution in [-0.2, 0) is 9.53 Å². The summed E-state index contributed by atoms with van der Waals surface area (Å²) in [4.78, 5) is 35.7. The van der Waals surface area contributed by atoms with Gasteiger partial charge in [0.25, 0.3) is 5.91 Å². The number of hydrogen-bond donors (Lipinski definition) is 2. The third kappa shape index (κ3) is 5.77. The Morgan fingerprint density at radius 2 is 1.95 bits per heavy atom. The number of carbonyl (C=O) groups excluding carboxylic acids is 3. The third-order valence-corrected chi connectivity index (χ3v) is 3.70. The van der Waals surface area contributed by atoms with Gasteiger partial charge in [-0.25, -0.2) is 9.59 Å². The number of rotatable bonds is 6. The summed E-state index contributed by atoms with van der Waals surface area (Å²) in [6, 6.07) is 6.32. The van der Waals surface area contributed by atoms with Crippen molar-refractivity contribution >= 4 is 29.7 Å². The first-order valence-electron chi connectivity index (χ1n) is 6.88. The van der Waals surface area contributed by atoms with Gasteiger partial charge in [-0.3, -0.25) is 10.1 Å². The van der Waals surface area contributed by atoms with E-state index in [9.17, 15) is 14.4 Å². The standard InChI is InChI=1S/C15H20N2O4S/c1-4-10(2)16-15(20)17-13(18)9-21-14(19)11-7-5-6-8-12(11)22-3/h5-8,10H,4,9H2,1-3H3,(H2,16,17,18,20)/t10-/m0/s1. The summed E-state index contributed by atoms with van der Waals surface area (Å²) in [5.41, 5.74) is 0.395. The predicted molar refractivity (Wildman–Crippen MR) is 84.9 cm³/mol. The number of hydrogen-bond acceptors (Lipinski definition) is 5. The molecule has 6 nitrogen and oxygen atoms in total. The van der Waals surface area contributed by atoms with E-state index < -0.39 is 24.5 Å². The normalized spacial score (nSPS) is 11.4. The topological polar surface area (TPSA) is 84.5 Å². The summed E-state index contributed by atoms with van der Waals surface area (Å²) in [5, 5.41) is 4.69. The van der Waals surface area contributed by atoms with Crippen LogP contribution in [0.2, 0.25) is 0 Å². The van der Waals surface area contributed by atoms with Crippen molar-refractivity contribution in [1.82, 2.24) is 10.6 Å². The average Bonchev–Trinajstić information content (AvgIpc) is 2.52. The van der Waals surface area contributed by atoms with Gasteiger partial charge in [0.15, 0.2) is 6.61 Å². The molecule has 0 bridgehead atoms. The van der Waals surface area contributed by atoms with Crippen molar-refractivity contribution in [2.45, 2.75) is 31.2 Å². The molecule has 1 aromatic rings. The Kier molecular flexibility index (Phi) is 7.45. The van der Waals surface area contributed by atoms with Gasteiger partial charge in [-0.1, -0.05) is 19.1 Å². The van der Waals surface area contributed by atoms with Crippen LogP contribution in [0.4, 0.5) is 4.79 Å². The molecule has 3 amide bonds. The van der Waals surface area contributed by atoms with Gasteiger partial charge in [0.2, 0.25) is 0 Å². The van der Waals surface area contributed by atoms with Gasteiger partial charge in [0.1, 0.15) is 0 Å². The lowest BCUT2D eigenvalue weighted by molar-refractivity contribution is -0.123. The summed E-state index contributed by atoms with van der Waals surface area (Å²) < 4.78 is 4.92. The maximum atomic E-state index is 11.9. The van der Waals surface area contributed by atoms with Gasteiger partial charge in [-0.05, 0) is 31.7 Å². The van der Waals surface area contributed by atoms with Crippen LogP contribution in [-0.4, -0.2) is 36.8 Å². The van der Waals surface area contributed by atoms with Crippen molar-refractivity contribution in [3.63, 3.8) is 0 Å². The minimum Gasteiger partial charge on any atom is -0.452 e. The highest BCUT2D eigenvalue weighted by Crippen LogP contribution is 2.20. The lowest BCUT2D eigenvalue weighted by Crippen LogP contribution is -2.44. The molecule has 0 saturated heterocycles. The molecule has 0 heterocycles. The zero-order valence-electron chi connectivity index (χ0n) is 12.8. The predicted octanol–water partition coefficient (Wildman–Crippen LogP) is 2.19. The second kappa shape index (κ2) is 9.09. The van der Waals surface area contributed by atoms with E-state index in [1.165, 1.54) is 11.8 Å². The summed E-state index contributed by atoms with van der Waals surface area (Å²) >= 11 is 1.41. The number of esters is 1. The van der Waals surface area contributed by atoms with Gasteiger partial charge in [-0.15, -0.1) is 11.8 Å². The first kappa shape index (κ1) is 18.0. The maximum absolute atomic E-state index is 11.9. The number of thioether (sulfide) groups is 1. The van der Waals surface area contributed by atoms with Crippen molar-refractivity contribution in [1.29, 1.82) is 0 Å². The zero-order chi connectivity index (χ0) is 16.5. The summed E-state index contributed by atoms with van der Waals surface area (Å²) in [5.74, 6) is -1.27. The fourth-order valence-corrected chi connectivity index (χ4v) is 2.13. The largest absolute Gasteiger partial charge is 0.452 e. The second-order valence-corrected chi connectivity index (χ2v) is 5.46. The molecule has 1 rings (SSSR count). The number of nitrogens with one attached hydrogen (secondary N) is 2. The summed E-state index contributed by atoms with van der Waals surface area (Å²) in [6.07, 6.45) is 2.60. The average molecular weight is 324 g/mol. The Morgan fingerprint density at radius 1 is 1.27 bits per heavy atom. The highest BCUT2D eigenvalue weighted by molar-refractivity contribution is 7.98. The number of amides is 3. The van der Waals surface area contributed by atoms with Crippen LogP contribution in [0.25, 0.3) is 0 Å². The molecular weight excluding hydrogens is 304 g/mol. The molecule has 0 radical (unpaired) electrons. The zero-order valence-corrected chi connectivity index (χ0v) is 13.7. The van der Waals surface area contributed by atoms with Gasteiger partial charge in [0.05, 0.1) is 5.56 Å². The molecule has 0 saturated carbocycles. The third-order valence-electron chi connectivity index (χ3n) is 2.90. The molecule has 120 valence electrons. The fourth-order valence-electron chi connectivity index (χ4n) is 1.55. The van der Waals surface area contributed by atoms with Crippen LogP contribution >= 0.6 is 11.8 Å². The minimum atomic E-state index is -0.671. The molecule has 7 heteroatoms. The minimum absolute atomic E-state index is 0.0381. The van der Waals surface area contributed by atoms with Crippen LogP contribution in [0, 0.1) is 0 Å². The molecule has 0 fully saturated rings. The second-order valence-electron chi connectivity index (χ2n) is 4.61. The number of benzene rings is 1. The maximum Gasteiger partial charge on any atom is 0.339 e. The number of carbonyl (C=O) groups is 3. The van der Waals surface area contributed by atoms with E-state index >= 15 is 0 Å². The van der Waals surface area contributed by atoms with Crippen molar-refractivity contribution in [3.8, 4) is 0 Å². The fraction of sp³-hybridized carbons (Fsp3) is 0.400. The van der Waals surface area contributed by atoms with E-state index in [-0.39, 0.29) is 6.04 Å². The van der Waals surface area contributed by atoms with Crippen molar-refractivity contribution in [2.24, 2.45) is 0 Å². The van der Waals surface area contributed by atoms with Crippen molar-refractivity contribution < 1.29 is 19.1 Å². The van der Waals surface area contributed by atoms with Crippen LogP contribution in [0.5, 0.6) is 0 Å². The monoisotopic (exact) mass is 324 g/mol. The van der Waals surface area contributed by atoms with Gasteiger partial charge < -0.3 is 10.1 Å². The van der Waals surface area contributed by atoms with Gasteiger partial charge >= 0.3 is 12.0 Å². The SMILES string of the molecule is CC[C@H](C)NC(=O)NC(=O)COC(=O)c1ccccc1SC. The molecule has 0 aromatic heterocycles. The number of imide groups is 1. The van der Waals surface area contributed by atoms with E-state index in [1.54, 1.807) is 18.2 Å². The van der Waals surface area contributed by atoms with Crippen molar-refractivity contribution in [3.05, 3.63) is 29.8 Å². The first-order chi connectivity index (χ1) is 10.5. The molecule has 2 N–H and O–H groups in total. The Bertz CT molecular complexity index is 548. The van der Waals surface area contributed by atoms with E-state index in [0.717, 1.165) is 11.3 Å². The van der Waals surface area contributed by atoms with Crippen LogP contribution in [0.15, 0.2) is 29.2 Å². The van der Waals surface area contributed by atoms with E-state index in [4.69, 9.17) is 4.74 Å². The van der Waals surface area contributed by atoms with E-state index in [0.29, 0.717) is 5.56 Å². The first-order valence-corrected chi connectivity index (χ1v) is 8.10. The lowest BCUT2D eigenvalue weighted by Gasteiger charge is -2.12. The molecular formula is C15H20N2O4S. The molecule has 0 aliphatic heterocycles. The molecule has 0 aliphatic carbocycles. The molecule has 1 atom stereocenters. The van der Waals surface area contributed by atoms with Gasteiger partial charge in [0, 0.05) is 10.9 Å². The molecule has 0 unspecified atom stereocenters. The Labute approximate surface area is 134 Å². The van der Waals surface area contributed by atoms with Crippen LogP contribution in [0.3, 0.4) is 0 Å². The molecule has 1 aromatic carbocycles. The highest BCUT2D eigenvalue weighted by atomic mass is 32.2. The van der Waals surface area contributed by atoms with E-state index in [1.807, 2.05) is 26.2 Å². The summed E-state index contributed by atoms with van der Waals surface area (Å²) in [6.45, 7) is 3.23.